The van der Waals surface area contributed by atoms with Crippen molar-refractivity contribution in [2.24, 2.45) is 5.14 Å². The molecule has 0 saturated heterocycles. The van der Waals surface area contributed by atoms with Crippen LogP contribution in [0, 0.1) is 5.82 Å². The van der Waals surface area contributed by atoms with Crippen LogP contribution in [-0.4, -0.2) is 10.1 Å². The Morgan fingerprint density at radius 1 is 1.09 bits per heavy atom. The molecular weight excluding hydrogens is 313 g/mol. The average Bonchev–Trinajstić information content (AvgIpc) is 3.33. The summed E-state index contributed by atoms with van der Waals surface area (Å²) in [5.41, 5.74) is 0.658. The molecule has 4 nitrogen and oxygen atoms in total. The van der Waals surface area contributed by atoms with Crippen LogP contribution in [-0.2, 0) is 0 Å². The van der Waals surface area contributed by atoms with Crippen molar-refractivity contribution in [2.75, 3.05) is 0 Å². The third-order valence-corrected chi connectivity index (χ3v) is 3.87. The van der Waals surface area contributed by atoms with Crippen LogP contribution >= 0.6 is 11.9 Å². The van der Waals surface area contributed by atoms with Gasteiger partial charge in [-0.3, -0.25) is 5.14 Å². The van der Waals surface area contributed by atoms with Crippen LogP contribution in [0.2, 0.25) is 0 Å². The van der Waals surface area contributed by atoms with Crippen molar-refractivity contribution in [3.63, 3.8) is 0 Å². The third-order valence-electron chi connectivity index (χ3n) is 3.33. The summed E-state index contributed by atoms with van der Waals surface area (Å²) in [5, 5.41) is 9.10. The molecule has 0 aliphatic heterocycles. The number of nitrogens with zero attached hydrogens (tertiary/aromatic N) is 2. The van der Waals surface area contributed by atoms with Gasteiger partial charge in [0.2, 0.25) is 11.7 Å². The number of halogens is 1. The van der Waals surface area contributed by atoms with Crippen LogP contribution in [0.1, 0.15) is 24.7 Å². The molecular formula is C17H16FN3OS. The van der Waals surface area contributed by atoms with Gasteiger partial charge in [-0.15, -0.1) is 0 Å². The van der Waals surface area contributed by atoms with Crippen molar-refractivity contribution in [3.8, 4) is 11.4 Å². The first-order valence-electron chi connectivity index (χ1n) is 7.27. The minimum atomic E-state index is -0.287. The van der Waals surface area contributed by atoms with Crippen LogP contribution in [0.25, 0.3) is 11.4 Å². The van der Waals surface area contributed by atoms with Crippen molar-refractivity contribution in [2.45, 2.75) is 23.7 Å². The van der Waals surface area contributed by atoms with Gasteiger partial charge in [-0.2, -0.15) is 4.98 Å². The second-order valence-corrected chi connectivity index (χ2v) is 5.88. The number of nitrogens with two attached hydrogens (primary N) is 1. The minimum absolute atomic E-state index is 0.287. The minimum Gasteiger partial charge on any atom is -0.339 e. The fourth-order valence-electron chi connectivity index (χ4n) is 1.98. The van der Waals surface area contributed by atoms with E-state index in [4.69, 9.17) is 9.66 Å². The first kappa shape index (κ1) is 15.7. The molecule has 118 valence electrons. The molecule has 6 heteroatoms. The van der Waals surface area contributed by atoms with E-state index in [1.807, 2.05) is 30.3 Å². The van der Waals surface area contributed by atoms with E-state index in [0.29, 0.717) is 23.2 Å². The highest BCUT2D eigenvalue weighted by atomic mass is 32.2. The lowest BCUT2D eigenvalue weighted by Gasteiger charge is -1.92. The van der Waals surface area contributed by atoms with Gasteiger partial charge in [0.15, 0.2) is 0 Å². The Kier molecular flexibility index (Phi) is 5.05. The maximum absolute atomic E-state index is 12.9. The molecule has 23 heavy (non-hydrogen) atoms. The Bertz CT molecular complexity index is 759. The van der Waals surface area contributed by atoms with Gasteiger partial charge in [-0.05, 0) is 49.1 Å². The topological polar surface area (TPSA) is 64.9 Å². The molecule has 1 saturated carbocycles. The van der Waals surface area contributed by atoms with E-state index in [0.717, 1.165) is 17.7 Å². The zero-order chi connectivity index (χ0) is 16.1. The lowest BCUT2D eigenvalue weighted by atomic mass is 10.2. The molecule has 0 spiro atoms. The zero-order valence-electron chi connectivity index (χ0n) is 12.4. The van der Waals surface area contributed by atoms with E-state index in [2.05, 4.69) is 10.1 Å². The Balaban J connectivity index is 0.000000166. The van der Waals surface area contributed by atoms with Gasteiger partial charge in [0.05, 0.1) is 0 Å². The van der Waals surface area contributed by atoms with Crippen molar-refractivity contribution in [1.29, 1.82) is 0 Å². The van der Waals surface area contributed by atoms with Crippen molar-refractivity contribution in [1.82, 2.24) is 10.1 Å². The molecule has 0 radical (unpaired) electrons. The monoisotopic (exact) mass is 329 g/mol. The van der Waals surface area contributed by atoms with Crippen LogP contribution in [0.3, 0.4) is 0 Å². The molecule has 0 amide bonds. The van der Waals surface area contributed by atoms with Crippen LogP contribution in [0.15, 0.2) is 64.0 Å². The zero-order valence-corrected chi connectivity index (χ0v) is 13.2. The summed E-state index contributed by atoms with van der Waals surface area (Å²) < 4.78 is 18.0. The Hall–Kier alpha value is -2.18. The highest BCUT2D eigenvalue weighted by Crippen LogP contribution is 2.39. The van der Waals surface area contributed by atoms with Gasteiger partial charge in [0.25, 0.3) is 0 Å². The first-order valence-corrected chi connectivity index (χ1v) is 8.15. The van der Waals surface area contributed by atoms with E-state index >= 15 is 0 Å². The smallest absolute Gasteiger partial charge is 0.230 e. The quantitative estimate of drug-likeness (QED) is 0.721. The summed E-state index contributed by atoms with van der Waals surface area (Å²) in [6.45, 7) is 0. The molecule has 3 aromatic rings. The van der Waals surface area contributed by atoms with Crippen LogP contribution in [0.4, 0.5) is 4.39 Å². The fraction of sp³-hybridized carbons (Fsp3) is 0.176. The molecule has 4 rings (SSSR count). The number of benzene rings is 2. The summed E-state index contributed by atoms with van der Waals surface area (Å²) in [6, 6.07) is 16.1. The highest BCUT2D eigenvalue weighted by molar-refractivity contribution is 7.97. The molecule has 2 aromatic carbocycles. The lowest BCUT2D eigenvalue weighted by Crippen LogP contribution is -1.83. The van der Waals surface area contributed by atoms with Gasteiger partial charge in [-0.25, -0.2) is 4.39 Å². The number of hydrogen-bond donors (Lipinski definition) is 1. The molecule has 1 aliphatic carbocycles. The molecule has 0 bridgehead atoms. The van der Waals surface area contributed by atoms with Gasteiger partial charge in [0, 0.05) is 16.4 Å². The molecule has 1 fully saturated rings. The van der Waals surface area contributed by atoms with Crippen LogP contribution in [0.5, 0.6) is 0 Å². The summed E-state index contributed by atoms with van der Waals surface area (Å²) in [5.74, 6) is 1.29. The average molecular weight is 329 g/mol. The third kappa shape index (κ3) is 4.40. The summed E-state index contributed by atoms with van der Waals surface area (Å²) in [6.07, 6.45) is 2.23. The second-order valence-electron chi connectivity index (χ2n) is 5.17. The first-order chi connectivity index (χ1) is 11.3. The van der Waals surface area contributed by atoms with E-state index in [1.54, 1.807) is 12.1 Å². The summed E-state index contributed by atoms with van der Waals surface area (Å²) >= 11 is 1.27. The molecule has 1 aromatic heterocycles. The van der Waals surface area contributed by atoms with E-state index < -0.39 is 0 Å². The van der Waals surface area contributed by atoms with E-state index in [9.17, 15) is 4.39 Å². The van der Waals surface area contributed by atoms with E-state index in [-0.39, 0.29) is 5.82 Å². The van der Waals surface area contributed by atoms with Crippen molar-refractivity contribution in [3.05, 3.63) is 66.3 Å². The fourth-order valence-corrected chi connectivity index (χ4v) is 2.29. The van der Waals surface area contributed by atoms with Crippen molar-refractivity contribution < 1.29 is 8.91 Å². The number of hydrogen-bond acceptors (Lipinski definition) is 5. The number of rotatable bonds is 3. The molecule has 2 N–H and O–H groups in total. The molecule has 0 unspecified atom stereocenters. The predicted molar refractivity (Wildman–Crippen MR) is 88.2 cm³/mol. The SMILES string of the molecule is Fc1cccc(-c2noc(C3CC3)n2)c1.NSc1ccccc1. The Morgan fingerprint density at radius 3 is 2.48 bits per heavy atom. The molecule has 1 heterocycles. The summed E-state index contributed by atoms with van der Waals surface area (Å²) in [4.78, 5) is 5.34. The largest absolute Gasteiger partial charge is 0.339 e. The molecule has 0 atom stereocenters. The maximum atomic E-state index is 12.9. The summed E-state index contributed by atoms with van der Waals surface area (Å²) in [7, 11) is 0. The molecule has 1 aliphatic rings. The van der Waals surface area contributed by atoms with E-state index in [1.165, 1.54) is 24.1 Å². The standard InChI is InChI=1S/C11H9FN2O.C6H7NS/c12-9-3-1-2-8(6-9)10-13-11(15-14-10)7-4-5-7;7-8-6-4-2-1-3-5-6/h1-3,6-7H,4-5H2;1-5H,7H2. The maximum Gasteiger partial charge on any atom is 0.230 e. The van der Waals surface area contributed by atoms with Gasteiger partial charge in [0.1, 0.15) is 5.82 Å². The van der Waals surface area contributed by atoms with Gasteiger partial charge in [-0.1, -0.05) is 35.5 Å². The predicted octanol–water partition coefficient (Wildman–Crippen LogP) is 4.41. The van der Waals surface area contributed by atoms with Gasteiger partial charge >= 0.3 is 0 Å². The van der Waals surface area contributed by atoms with Crippen LogP contribution < -0.4 is 5.14 Å². The van der Waals surface area contributed by atoms with Crippen molar-refractivity contribution >= 4 is 11.9 Å². The Labute approximate surface area is 138 Å². The highest BCUT2D eigenvalue weighted by Gasteiger charge is 2.29. The normalized spacial score (nSPS) is 13.3. The number of aromatic nitrogens is 2. The lowest BCUT2D eigenvalue weighted by molar-refractivity contribution is 0.380. The van der Waals surface area contributed by atoms with Gasteiger partial charge < -0.3 is 4.52 Å². The second kappa shape index (κ2) is 7.39. The Morgan fingerprint density at radius 2 is 1.87 bits per heavy atom.